The largest absolute Gasteiger partial charge is 0.299 e. The molecule has 0 saturated heterocycles. The number of aromatic nitrogens is 1. The molecule has 3 rings (SSSR count). The minimum absolute atomic E-state index is 0.0757. The first-order chi connectivity index (χ1) is 8.09. The highest BCUT2D eigenvalue weighted by Crippen LogP contribution is 2.54. The van der Waals surface area contributed by atoms with Crippen molar-refractivity contribution in [2.45, 2.75) is 45.4 Å². The van der Waals surface area contributed by atoms with Gasteiger partial charge in [0, 0.05) is 12.1 Å². The van der Waals surface area contributed by atoms with Gasteiger partial charge in [0.1, 0.15) is 5.78 Å². The van der Waals surface area contributed by atoms with Crippen molar-refractivity contribution in [1.82, 2.24) is 4.98 Å². The summed E-state index contributed by atoms with van der Waals surface area (Å²) >= 11 is 0. The van der Waals surface area contributed by atoms with Crippen LogP contribution in [0.5, 0.6) is 0 Å². The van der Waals surface area contributed by atoms with E-state index < -0.39 is 0 Å². The Hall–Kier alpha value is -1.18. The second-order valence-corrected chi connectivity index (χ2v) is 6.14. The van der Waals surface area contributed by atoms with Crippen molar-refractivity contribution in [3.05, 3.63) is 29.6 Å². The predicted octanol–water partition coefficient (Wildman–Crippen LogP) is 3.12. The molecule has 1 fully saturated rings. The number of carbonyl (C=O) groups excluding carboxylic acids is 1. The summed E-state index contributed by atoms with van der Waals surface area (Å²) in [4.78, 5) is 17.0. The highest BCUT2D eigenvalue weighted by molar-refractivity contribution is 5.90. The smallest absolute Gasteiger partial charge is 0.145 e. The fourth-order valence-corrected chi connectivity index (χ4v) is 3.08. The third kappa shape index (κ3) is 1.80. The highest BCUT2D eigenvalue weighted by Gasteiger charge is 2.52. The third-order valence-corrected chi connectivity index (χ3v) is 4.40. The normalized spacial score (nSPS) is 29.5. The van der Waals surface area contributed by atoms with Crippen LogP contribution in [0.3, 0.4) is 0 Å². The summed E-state index contributed by atoms with van der Waals surface area (Å²) in [5, 5.41) is 0. The molecule has 1 heterocycles. The highest BCUT2D eigenvalue weighted by atomic mass is 16.1. The number of pyridine rings is 1. The van der Waals surface area contributed by atoms with E-state index in [4.69, 9.17) is 0 Å². The molecule has 0 spiro atoms. The van der Waals surface area contributed by atoms with E-state index in [0.29, 0.717) is 5.78 Å². The number of hydrogen-bond acceptors (Lipinski definition) is 2. The molecule has 2 nitrogen and oxygen atoms in total. The minimum Gasteiger partial charge on any atom is -0.299 e. The quantitative estimate of drug-likeness (QED) is 0.780. The number of Topliss-reactive ketones (excluding diaryl/α,β-unsaturated/α-hetero) is 1. The van der Waals surface area contributed by atoms with Crippen LogP contribution in [-0.2, 0) is 11.2 Å². The van der Waals surface area contributed by atoms with Gasteiger partial charge in [0.15, 0.2) is 0 Å². The van der Waals surface area contributed by atoms with Crippen LogP contribution in [0.15, 0.2) is 18.3 Å². The van der Waals surface area contributed by atoms with Crippen molar-refractivity contribution in [2.24, 2.45) is 11.3 Å². The van der Waals surface area contributed by atoms with E-state index in [2.05, 4.69) is 24.9 Å². The molecule has 0 radical (unpaired) electrons. The average molecular weight is 229 g/mol. The Labute approximate surface area is 102 Å². The molecule has 2 aliphatic carbocycles. The van der Waals surface area contributed by atoms with Crippen molar-refractivity contribution in [3.8, 4) is 0 Å². The molecule has 0 aliphatic heterocycles. The van der Waals surface area contributed by atoms with Gasteiger partial charge in [0.25, 0.3) is 0 Å². The molecule has 0 bridgehead atoms. The van der Waals surface area contributed by atoms with Crippen LogP contribution in [-0.4, -0.2) is 10.8 Å². The van der Waals surface area contributed by atoms with Crippen molar-refractivity contribution in [3.63, 3.8) is 0 Å². The van der Waals surface area contributed by atoms with Gasteiger partial charge in [-0.3, -0.25) is 9.78 Å². The maximum absolute atomic E-state index is 12.5. The third-order valence-electron chi connectivity index (χ3n) is 4.40. The first-order valence-electron chi connectivity index (χ1n) is 6.57. The van der Waals surface area contributed by atoms with Crippen molar-refractivity contribution < 1.29 is 4.79 Å². The number of ketones is 1. The molecule has 17 heavy (non-hydrogen) atoms. The van der Waals surface area contributed by atoms with E-state index in [0.717, 1.165) is 31.4 Å². The van der Waals surface area contributed by atoms with Crippen LogP contribution in [0.4, 0.5) is 0 Å². The lowest BCUT2D eigenvalue weighted by atomic mass is 9.81. The predicted molar refractivity (Wildman–Crippen MR) is 66.8 cm³/mol. The van der Waals surface area contributed by atoms with Gasteiger partial charge in [0.05, 0.1) is 11.6 Å². The van der Waals surface area contributed by atoms with Crippen molar-refractivity contribution >= 4 is 5.78 Å². The number of hydrogen-bond donors (Lipinski definition) is 0. The van der Waals surface area contributed by atoms with E-state index in [1.165, 1.54) is 5.56 Å². The Bertz CT molecular complexity index is 464. The molecule has 2 atom stereocenters. The number of carbonyl (C=O) groups is 1. The monoisotopic (exact) mass is 229 g/mol. The number of rotatable bonds is 2. The topological polar surface area (TPSA) is 30.0 Å². The van der Waals surface area contributed by atoms with Gasteiger partial charge in [-0.15, -0.1) is 0 Å². The Morgan fingerprint density at radius 2 is 2.24 bits per heavy atom. The van der Waals surface area contributed by atoms with Crippen molar-refractivity contribution in [2.75, 3.05) is 0 Å². The molecule has 0 aromatic carbocycles. The summed E-state index contributed by atoms with van der Waals surface area (Å²) in [5.74, 6) is 0.793. The average Bonchev–Trinajstić information content (AvgIpc) is 2.97. The zero-order valence-electron chi connectivity index (χ0n) is 10.6. The maximum atomic E-state index is 12.5. The van der Waals surface area contributed by atoms with Gasteiger partial charge < -0.3 is 0 Å². The Kier molecular flexibility index (Phi) is 2.35. The first-order valence-corrected chi connectivity index (χ1v) is 6.57. The molecule has 0 amide bonds. The first kappa shape index (κ1) is 10.9. The molecule has 2 heteroatoms. The standard InChI is InChI=1S/C15H19NO/c1-15(2)9-12(15)14(17)11-7-3-5-10-6-4-8-16-13(10)11/h4,6,8,11-12H,3,5,7,9H2,1-2H3. The van der Waals surface area contributed by atoms with Crippen LogP contribution in [0.1, 0.15) is 50.3 Å². The molecular formula is C15H19NO. The van der Waals surface area contributed by atoms with Gasteiger partial charge in [-0.1, -0.05) is 19.9 Å². The van der Waals surface area contributed by atoms with E-state index in [1.807, 2.05) is 12.3 Å². The SMILES string of the molecule is CC1(C)CC1C(=O)C1CCCc2cccnc21. The summed E-state index contributed by atoms with van der Waals surface area (Å²) in [6, 6.07) is 4.10. The molecule has 2 aliphatic rings. The fourth-order valence-electron chi connectivity index (χ4n) is 3.08. The second-order valence-electron chi connectivity index (χ2n) is 6.14. The van der Waals surface area contributed by atoms with Crippen LogP contribution < -0.4 is 0 Å². The molecule has 1 aromatic rings. The fraction of sp³-hybridized carbons (Fsp3) is 0.600. The van der Waals surface area contributed by atoms with E-state index in [1.54, 1.807) is 0 Å². The number of aryl methyl sites for hydroxylation is 1. The Morgan fingerprint density at radius 1 is 1.47 bits per heavy atom. The molecule has 2 unspecified atom stereocenters. The summed E-state index contributed by atoms with van der Waals surface area (Å²) in [6.07, 6.45) is 6.09. The maximum Gasteiger partial charge on any atom is 0.145 e. The van der Waals surface area contributed by atoms with Crippen LogP contribution in [0.25, 0.3) is 0 Å². The zero-order chi connectivity index (χ0) is 12.0. The lowest BCUT2D eigenvalue weighted by Crippen LogP contribution is -2.22. The van der Waals surface area contributed by atoms with Gasteiger partial charge in [0.2, 0.25) is 0 Å². The lowest BCUT2D eigenvalue weighted by Gasteiger charge is -2.23. The van der Waals surface area contributed by atoms with Gasteiger partial charge >= 0.3 is 0 Å². The number of nitrogens with zero attached hydrogens (tertiary/aromatic N) is 1. The Balaban J connectivity index is 1.88. The van der Waals surface area contributed by atoms with Crippen LogP contribution in [0.2, 0.25) is 0 Å². The van der Waals surface area contributed by atoms with Gasteiger partial charge in [-0.2, -0.15) is 0 Å². The van der Waals surface area contributed by atoms with Crippen LogP contribution in [0, 0.1) is 11.3 Å². The van der Waals surface area contributed by atoms with Crippen LogP contribution >= 0.6 is 0 Å². The minimum atomic E-state index is 0.0757. The molecule has 1 saturated carbocycles. The second kappa shape index (κ2) is 3.66. The molecule has 0 N–H and O–H groups in total. The molecule has 90 valence electrons. The van der Waals surface area contributed by atoms with Gasteiger partial charge in [-0.25, -0.2) is 0 Å². The van der Waals surface area contributed by atoms with E-state index >= 15 is 0 Å². The van der Waals surface area contributed by atoms with E-state index in [-0.39, 0.29) is 17.3 Å². The summed E-state index contributed by atoms with van der Waals surface area (Å²) in [7, 11) is 0. The summed E-state index contributed by atoms with van der Waals surface area (Å²) < 4.78 is 0. The summed E-state index contributed by atoms with van der Waals surface area (Å²) in [5.41, 5.74) is 2.59. The zero-order valence-corrected chi connectivity index (χ0v) is 10.6. The van der Waals surface area contributed by atoms with E-state index in [9.17, 15) is 4.79 Å². The number of fused-ring (bicyclic) bond motifs is 1. The van der Waals surface area contributed by atoms with Gasteiger partial charge in [-0.05, 0) is 42.7 Å². The summed E-state index contributed by atoms with van der Waals surface area (Å²) in [6.45, 7) is 4.38. The Morgan fingerprint density at radius 3 is 2.94 bits per heavy atom. The van der Waals surface area contributed by atoms with Crippen molar-refractivity contribution in [1.29, 1.82) is 0 Å². The molecule has 1 aromatic heterocycles. The molecular weight excluding hydrogens is 210 g/mol. The lowest BCUT2D eigenvalue weighted by molar-refractivity contribution is -0.122.